The largest absolute Gasteiger partial charge is 0.393 e. The van der Waals surface area contributed by atoms with Crippen LogP contribution in [0.2, 0.25) is 0 Å². The summed E-state index contributed by atoms with van der Waals surface area (Å²) in [6, 6.07) is 4.47. The van der Waals surface area contributed by atoms with Crippen molar-refractivity contribution in [2.75, 3.05) is 0 Å². The number of hydrogen-bond donors (Lipinski definition) is 1. The summed E-state index contributed by atoms with van der Waals surface area (Å²) in [5, 5.41) is 9.84. The van der Waals surface area contributed by atoms with Crippen LogP contribution in [0.25, 0.3) is 0 Å². The molecular weight excluding hydrogens is 248 g/mol. The molecule has 1 aromatic rings. The van der Waals surface area contributed by atoms with Gasteiger partial charge in [0.25, 0.3) is 0 Å². The molecule has 3 atom stereocenters. The van der Waals surface area contributed by atoms with Crippen LogP contribution in [-0.2, 0) is 24.1 Å². The maximum absolute atomic E-state index is 12.2. The van der Waals surface area contributed by atoms with Crippen LogP contribution < -0.4 is 0 Å². The number of ketones is 1. The van der Waals surface area contributed by atoms with E-state index in [0.717, 1.165) is 44.9 Å². The minimum Gasteiger partial charge on any atom is -0.393 e. The lowest BCUT2D eigenvalue weighted by atomic mass is 9.65. The Kier molecular flexibility index (Phi) is 2.62. The molecule has 20 heavy (non-hydrogen) atoms. The fourth-order valence-corrected chi connectivity index (χ4v) is 4.82. The van der Waals surface area contributed by atoms with E-state index in [1.54, 1.807) is 0 Å². The SMILES string of the molecule is C[C@]12CCc3c(ccc4c3CC[C@H](O)C4)C1CCC2=O. The summed E-state index contributed by atoms with van der Waals surface area (Å²) in [7, 11) is 0. The Balaban J connectivity index is 1.82. The van der Waals surface area contributed by atoms with Gasteiger partial charge in [0.2, 0.25) is 0 Å². The number of fused-ring (bicyclic) bond motifs is 5. The molecule has 0 heterocycles. The van der Waals surface area contributed by atoms with Gasteiger partial charge in [-0.2, -0.15) is 0 Å². The number of carbonyl (C=O) groups excluding carboxylic acids is 1. The molecule has 2 heteroatoms. The van der Waals surface area contributed by atoms with Gasteiger partial charge in [0.1, 0.15) is 5.78 Å². The van der Waals surface area contributed by atoms with Gasteiger partial charge >= 0.3 is 0 Å². The summed E-state index contributed by atoms with van der Waals surface area (Å²) in [5.74, 6) is 0.914. The van der Waals surface area contributed by atoms with E-state index in [2.05, 4.69) is 19.1 Å². The molecule has 3 aliphatic rings. The molecule has 0 spiro atoms. The van der Waals surface area contributed by atoms with Crippen LogP contribution in [0.15, 0.2) is 12.1 Å². The topological polar surface area (TPSA) is 37.3 Å². The first kappa shape index (κ1) is 12.6. The lowest BCUT2D eigenvalue weighted by molar-refractivity contribution is -0.126. The normalized spacial score (nSPS) is 35.4. The molecule has 0 bridgehead atoms. The zero-order valence-corrected chi connectivity index (χ0v) is 12.1. The highest BCUT2D eigenvalue weighted by atomic mass is 16.3. The van der Waals surface area contributed by atoms with Gasteiger partial charge in [-0.25, -0.2) is 0 Å². The van der Waals surface area contributed by atoms with Gasteiger partial charge in [-0.1, -0.05) is 19.1 Å². The van der Waals surface area contributed by atoms with Crippen molar-refractivity contribution < 1.29 is 9.90 Å². The number of carbonyl (C=O) groups is 1. The van der Waals surface area contributed by atoms with Crippen LogP contribution in [-0.4, -0.2) is 17.0 Å². The second-order valence-corrected chi connectivity index (χ2v) is 7.10. The summed E-state index contributed by atoms with van der Waals surface area (Å²) in [6.45, 7) is 2.18. The number of aliphatic hydroxyl groups is 1. The van der Waals surface area contributed by atoms with Gasteiger partial charge in [-0.3, -0.25) is 4.79 Å². The predicted octanol–water partition coefficient (Wildman–Crippen LogP) is 2.94. The van der Waals surface area contributed by atoms with Gasteiger partial charge in [-0.05, 0) is 66.7 Å². The lowest BCUT2D eigenvalue weighted by Crippen LogP contribution is -2.33. The molecule has 0 amide bonds. The first-order chi connectivity index (χ1) is 9.59. The molecule has 1 unspecified atom stereocenters. The van der Waals surface area contributed by atoms with E-state index in [4.69, 9.17) is 0 Å². The summed E-state index contributed by atoms with van der Waals surface area (Å²) in [4.78, 5) is 12.2. The first-order valence-electron chi connectivity index (χ1n) is 7.94. The third-order valence-corrected chi connectivity index (χ3v) is 6.08. The summed E-state index contributed by atoms with van der Waals surface area (Å²) < 4.78 is 0. The zero-order chi connectivity index (χ0) is 13.9. The molecule has 0 aliphatic heterocycles. The quantitative estimate of drug-likeness (QED) is 0.787. The van der Waals surface area contributed by atoms with E-state index in [1.165, 1.54) is 22.3 Å². The minimum absolute atomic E-state index is 0.102. The number of benzene rings is 1. The van der Waals surface area contributed by atoms with Crippen LogP contribution >= 0.6 is 0 Å². The van der Waals surface area contributed by atoms with E-state index < -0.39 is 0 Å². The van der Waals surface area contributed by atoms with Gasteiger partial charge in [0, 0.05) is 11.8 Å². The fourth-order valence-electron chi connectivity index (χ4n) is 4.82. The average Bonchev–Trinajstić information content (AvgIpc) is 2.74. The van der Waals surface area contributed by atoms with Crippen LogP contribution in [0, 0.1) is 5.41 Å². The third-order valence-electron chi connectivity index (χ3n) is 6.08. The summed E-state index contributed by atoms with van der Waals surface area (Å²) in [5.41, 5.74) is 5.70. The molecular formula is C18H22O2. The molecule has 1 fully saturated rings. The van der Waals surface area contributed by atoms with E-state index in [0.29, 0.717) is 11.7 Å². The molecule has 4 rings (SSSR count). The Bertz CT molecular complexity index is 589. The molecule has 1 aromatic carbocycles. The monoisotopic (exact) mass is 270 g/mol. The van der Waals surface area contributed by atoms with E-state index in [9.17, 15) is 9.90 Å². The molecule has 2 nitrogen and oxygen atoms in total. The van der Waals surface area contributed by atoms with Crippen LogP contribution in [0.5, 0.6) is 0 Å². The standard InChI is InChI=1S/C18H22O2/c1-18-9-8-14-13-5-3-12(19)10-11(13)2-4-15(14)16(18)6-7-17(18)20/h2,4,12,16,19H,3,5-10H2,1H3/t12-,16?,18-/m0/s1. The Morgan fingerprint density at radius 3 is 2.85 bits per heavy atom. The molecule has 106 valence electrons. The highest BCUT2D eigenvalue weighted by Gasteiger charge is 2.49. The van der Waals surface area contributed by atoms with Crippen molar-refractivity contribution in [3.8, 4) is 0 Å². The number of rotatable bonds is 0. The second kappa shape index (κ2) is 4.17. The number of hydrogen-bond acceptors (Lipinski definition) is 2. The number of Topliss-reactive ketones (excluding diaryl/α,β-unsaturated/α-hetero) is 1. The van der Waals surface area contributed by atoms with E-state index in [-0.39, 0.29) is 11.5 Å². The smallest absolute Gasteiger partial charge is 0.139 e. The average molecular weight is 270 g/mol. The summed E-state index contributed by atoms with van der Waals surface area (Å²) >= 11 is 0. The zero-order valence-electron chi connectivity index (χ0n) is 12.1. The van der Waals surface area contributed by atoms with E-state index >= 15 is 0 Å². The Morgan fingerprint density at radius 1 is 1.15 bits per heavy atom. The van der Waals surface area contributed by atoms with Gasteiger partial charge in [0.15, 0.2) is 0 Å². The minimum atomic E-state index is -0.164. The van der Waals surface area contributed by atoms with E-state index in [1.807, 2.05) is 0 Å². The maximum atomic E-state index is 12.2. The highest BCUT2D eigenvalue weighted by molar-refractivity contribution is 5.88. The van der Waals surface area contributed by atoms with Crippen molar-refractivity contribution in [1.29, 1.82) is 0 Å². The molecule has 3 aliphatic carbocycles. The van der Waals surface area contributed by atoms with Crippen molar-refractivity contribution in [3.63, 3.8) is 0 Å². The van der Waals surface area contributed by atoms with Crippen molar-refractivity contribution >= 4 is 5.78 Å². The van der Waals surface area contributed by atoms with Crippen LogP contribution in [0.3, 0.4) is 0 Å². The highest BCUT2D eigenvalue weighted by Crippen LogP contribution is 2.54. The molecule has 0 aromatic heterocycles. The van der Waals surface area contributed by atoms with Crippen molar-refractivity contribution in [2.45, 2.75) is 63.9 Å². The maximum Gasteiger partial charge on any atom is 0.139 e. The van der Waals surface area contributed by atoms with Crippen LogP contribution in [0.1, 0.15) is 60.8 Å². The second-order valence-electron chi connectivity index (χ2n) is 7.10. The third kappa shape index (κ3) is 1.57. The van der Waals surface area contributed by atoms with Crippen molar-refractivity contribution in [3.05, 3.63) is 34.4 Å². The Morgan fingerprint density at radius 2 is 2.00 bits per heavy atom. The lowest BCUT2D eigenvalue weighted by Gasteiger charge is -2.38. The fraction of sp³-hybridized carbons (Fsp3) is 0.611. The Labute approximate surface area is 120 Å². The number of aliphatic hydroxyl groups excluding tert-OH is 1. The predicted molar refractivity (Wildman–Crippen MR) is 77.9 cm³/mol. The molecule has 0 radical (unpaired) electrons. The van der Waals surface area contributed by atoms with Gasteiger partial charge in [0.05, 0.1) is 6.10 Å². The Hall–Kier alpha value is -1.15. The van der Waals surface area contributed by atoms with Gasteiger partial charge < -0.3 is 5.11 Å². The van der Waals surface area contributed by atoms with Crippen molar-refractivity contribution in [1.82, 2.24) is 0 Å². The molecule has 1 saturated carbocycles. The molecule has 1 N–H and O–H groups in total. The van der Waals surface area contributed by atoms with Crippen molar-refractivity contribution in [2.24, 2.45) is 5.41 Å². The summed E-state index contributed by atoms with van der Waals surface area (Å²) in [6.07, 6.45) is 6.41. The van der Waals surface area contributed by atoms with Gasteiger partial charge in [-0.15, -0.1) is 0 Å². The van der Waals surface area contributed by atoms with Crippen LogP contribution in [0.4, 0.5) is 0 Å². The first-order valence-corrected chi connectivity index (χ1v) is 7.94. The molecule has 0 saturated heterocycles.